The summed E-state index contributed by atoms with van der Waals surface area (Å²) in [6, 6.07) is 6.98. The lowest BCUT2D eigenvalue weighted by Gasteiger charge is -2.03. The van der Waals surface area contributed by atoms with E-state index in [4.69, 9.17) is 5.41 Å². The monoisotopic (exact) mass is 163 g/mol. The zero-order valence-corrected chi connectivity index (χ0v) is 7.17. The van der Waals surface area contributed by atoms with Crippen molar-refractivity contribution in [1.29, 1.82) is 5.41 Å². The lowest BCUT2D eigenvalue weighted by Crippen LogP contribution is -1.97. The number of rotatable bonds is 3. The first-order valence-electron chi connectivity index (χ1n) is 4.11. The quantitative estimate of drug-likeness (QED) is 0.661. The van der Waals surface area contributed by atoms with E-state index in [1.165, 1.54) is 0 Å². The van der Waals surface area contributed by atoms with Crippen LogP contribution in [0.5, 0.6) is 5.75 Å². The topological polar surface area (TPSA) is 44.1 Å². The van der Waals surface area contributed by atoms with Gasteiger partial charge in [-0.1, -0.05) is 25.5 Å². The number of aromatic hydroxyl groups is 1. The summed E-state index contributed by atoms with van der Waals surface area (Å²) >= 11 is 0. The van der Waals surface area contributed by atoms with Gasteiger partial charge >= 0.3 is 0 Å². The molecule has 0 bridgehead atoms. The minimum absolute atomic E-state index is 0.205. The molecule has 0 amide bonds. The van der Waals surface area contributed by atoms with E-state index in [1.54, 1.807) is 18.2 Å². The molecule has 0 fully saturated rings. The van der Waals surface area contributed by atoms with E-state index in [2.05, 4.69) is 0 Å². The number of phenols is 1. The normalized spacial score (nSPS) is 9.75. The molecule has 0 unspecified atom stereocenters. The van der Waals surface area contributed by atoms with Crippen LogP contribution in [0, 0.1) is 5.41 Å². The summed E-state index contributed by atoms with van der Waals surface area (Å²) < 4.78 is 0. The van der Waals surface area contributed by atoms with E-state index >= 15 is 0 Å². The number of phenolic OH excluding ortho intramolecular Hbond substituents is 1. The highest BCUT2D eigenvalue weighted by atomic mass is 16.3. The molecule has 0 aromatic heterocycles. The first-order chi connectivity index (χ1) is 5.75. The maximum absolute atomic E-state index is 9.37. The number of hydrogen-bond donors (Lipinski definition) is 2. The molecule has 12 heavy (non-hydrogen) atoms. The Morgan fingerprint density at radius 3 is 2.67 bits per heavy atom. The molecule has 1 aromatic carbocycles. The predicted molar refractivity (Wildman–Crippen MR) is 49.8 cm³/mol. The van der Waals surface area contributed by atoms with Gasteiger partial charge in [0.2, 0.25) is 0 Å². The Bertz CT molecular complexity index is 281. The van der Waals surface area contributed by atoms with Gasteiger partial charge in [0.05, 0.1) is 0 Å². The van der Waals surface area contributed by atoms with Gasteiger partial charge in [0, 0.05) is 11.3 Å². The first kappa shape index (κ1) is 8.78. The van der Waals surface area contributed by atoms with Crippen molar-refractivity contribution >= 4 is 5.71 Å². The first-order valence-corrected chi connectivity index (χ1v) is 4.11. The van der Waals surface area contributed by atoms with Crippen molar-refractivity contribution in [2.24, 2.45) is 0 Å². The van der Waals surface area contributed by atoms with Gasteiger partial charge < -0.3 is 10.5 Å². The highest BCUT2D eigenvalue weighted by Crippen LogP contribution is 2.17. The third-order valence-corrected chi connectivity index (χ3v) is 1.73. The van der Waals surface area contributed by atoms with Crippen molar-refractivity contribution in [3.8, 4) is 5.75 Å². The van der Waals surface area contributed by atoms with Crippen molar-refractivity contribution in [2.45, 2.75) is 19.8 Å². The molecule has 0 atom stereocenters. The third-order valence-electron chi connectivity index (χ3n) is 1.73. The molecule has 0 saturated heterocycles. The molecule has 2 nitrogen and oxygen atoms in total. The minimum atomic E-state index is 0.205. The summed E-state index contributed by atoms with van der Waals surface area (Å²) in [4.78, 5) is 0. The van der Waals surface area contributed by atoms with Crippen LogP contribution in [0.4, 0.5) is 0 Å². The molecule has 2 heteroatoms. The molecule has 0 aliphatic carbocycles. The van der Waals surface area contributed by atoms with Crippen LogP contribution in [0.25, 0.3) is 0 Å². The van der Waals surface area contributed by atoms with Crippen LogP contribution in [-0.2, 0) is 0 Å². The average Bonchev–Trinajstić information content (AvgIpc) is 2.05. The summed E-state index contributed by atoms with van der Waals surface area (Å²) in [5.41, 5.74) is 1.16. The van der Waals surface area contributed by atoms with Crippen molar-refractivity contribution in [3.05, 3.63) is 29.8 Å². The van der Waals surface area contributed by atoms with E-state index in [1.807, 2.05) is 13.0 Å². The fourth-order valence-electron chi connectivity index (χ4n) is 1.11. The summed E-state index contributed by atoms with van der Waals surface area (Å²) in [6.45, 7) is 2.02. The summed E-state index contributed by atoms with van der Waals surface area (Å²) in [5, 5.41) is 17.0. The Hall–Kier alpha value is -1.31. The van der Waals surface area contributed by atoms with E-state index < -0.39 is 0 Å². The zero-order valence-electron chi connectivity index (χ0n) is 7.17. The van der Waals surface area contributed by atoms with Gasteiger partial charge in [0.1, 0.15) is 5.75 Å². The summed E-state index contributed by atoms with van der Waals surface area (Å²) in [5.74, 6) is 0.205. The van der Waals surface area contributed by atoms with E-state index in [0.29, 0.717) is 11.3 Å². The van der Waals surface area contributed by atoms with E-state index in [0.717, 1.165) is 12.8 Å². The smallest absolute Gasteiger partial charge is 0.124 e. The van der Waals surface area contributed by atoms with Gasteiger partial charge in [-0.05, 0) is 18.6 Å². The maximum atomic E-state index is 9.37. The Labute approximate surface area is 72.4 Å². The number of nitrogens with one attached hydrogen (secondary N) is 1. The zero-order chi connectivity index (χ0) is 8.97. The highest BCUT2D eigenvalue weighted by molar-refractivity contribution is 6.00. The molecular weight excluding hydrogens is 150 g/mol. The lowest BCUT2D eigenvalue weighted by atomic mass is 10.1. The summed E-state index contributed by atoms with van der Waals surface area (Å²) in [7, 11) is 0. The van der Waals surface area contributed by atoms with Crippen molar-refractivity contribution in [1.82, 2.24) is 0 Å². The Morgan fingerprint density at radius 2 is 2.08 bits per heavy atom. The molecule has 1 rings (SSSR count). The Morgan fingerprint density at radius 1 is 1.42 bits per heavy atom. The van der Waals surface area contributed by atoms with Crippen LogP contribution in [0.15, 0.2) is 24.3 Å². The molecule has 0 spiro atoms. The van der Waals surface area contributed by atoms with Crippen LogP contribution in [-0.4, -0.2) is 10.8 Å². The molecule has 0 aliphatic heterocycles. The summed E-state index contributed by atoms with van der Waals surface area (Å²) in [6.07, 6.45) is 1.66. The Balaban J connectivity index is 2.87. The van der Waals surface area contributed by atoms with E-state index in [9.17, 15) is 5.11 Å². The minimum Gasteiger partial charge on any atom is -0.507 e. The molecule has 0 heterocycles. The second-order valence-electron chi connectivity index (χ2n) is 2.75. The van der Waals surface area contributed by atoms with Gasteiger partial charge in [-0.25, -0.2) is 0 Å². The van der Waals surface area contributed by atoms with Gasteiger partial charge in [-0.2, -0.15) is 0 Å². The van der Waals surface area contributed by atoms with Crippen LogP contribution < -0.4 is 0 Å². The highest BCUT2D eigenvalue weighted by Gasteiger charge is 2.03. The van der Waals surface area contributed by atoms with Crippen LogP contribution in [0.3, 0.4) is 0 Å². The van der Waals surface area contributed by atoms with Crippen LogP contribution in [0.2, 0.25) is 0 Å². The Kier molecular flexibility index (Phi) is 2.86. The maximum Gasteiger partial charge on any atom is 0.124 e. The third kappa shape index (κ3) is 1.84. The SMILES string of the molecule is CCCC(=N)c1ccccc1O. The predicted octanol–water partition coefficient (Wildman–Crippen LogP) is 2.56. The largest absolute Gasteiger partial charge is 0.507 e. The molecule has 64 valence electrons. The molecule has 0 aliphatic rings. The fourth-order valence-corrected chi connectivity index (χ4v) is 1.11. The van der Waals surface area contributed by atoms with Crippen molar-refractivity contribution in [3.63, 3.8) is 0 Å². The lowest BCUT2D eigenvalue weighted by molar-refractivity contribution is 0.474. The van der Waals surface area contributed by atoms with Crippen molar-refractivity contribution < 1.29 is 5.11 Å². The molecule has 0 saturated carbocycles. The molecule has 0 radical (unpaired) electrons. The van der Waals surface area contributed by atoms with Gasteiger partial charge in [-0.15, -0.1) is 0 Å². The number of hydrogen-bond acceptors (Lipinski definition) is 2. The van der Waals surface area contributed by atoms with Crippen molar-refractivity contribution in [2.75, 3.05) is 0 Å². The van der Waals surface area contributed by atoms with Gasteiger partial charge in [0.25, 0.3) is 0 Å². The van der Waals surface area contributed by atoms with Gasteiger partial charge in [0.15, 0.2) is 0 Å². The fraction of sp³-hybridized carbons (Fsp3) is 0.300. The van der Waals surface area contributed by atoms with Gasteiger partial charge in [-0.3, -0.25) is 0 Å². The standard InChI is InChI=1S/C10H13NO/c1-2-5-9(11)8-6-3-4-7-10(8)12/h3-4,6-7,11-12H,2,5H2,1H3. The second kappa shape index (κ2) is 3.90. The second-order valence-corrected chi connectivity index (χ2v) is 2.75. The molecule has 2 N–H and O–H groups in total. The van der Waals surface area contributed by atoms with Crippen LogP contribution in [0.1, 0.15) is 25.3 Å². The molecule has 1 aromatic rings. The number of benzene rings is 1. The van der Waals surface area contributed by atoms with E-state index in [-0.39, 0.29) is 5.75 Å². The number of para-hydroxylation sites is 1. The van der Waals surface area contributed by atoms with Crippen LogP contribution >= 0.6 is 0 Å². The average molecular weight is 163 g/mol. The molecular formula is C10H13NO.